The highest BCUT2D eigenvalue weighted by molar-refractivity contribution is 5.25. The van der Waals surface area contributed by atoms with Gasteiger partial charge < -0.3 is 10.2 Å². The van der Waals surface area contributed by atoms with E-state index in [1.807, 2.05) is 0 Å². The van der Waals surface area contributed by atoms with E-state index in [2.05, 4.69) is 40.7 Å². The van der Waals surface area contributed by atoms with Gasteiger partial charge in [0, 0.05) is 0 Å². The van der Waals surface area contributed by atoms with Crippen molar-refractivity contribution >= 4 is 0 Å². The van der Waals surface area contributed by atoms with Gasteiger partial charge in [-0.25, -0.2) is 0 Å². The summed E-state index contributed by atoms with van der Waals surface area (Å²) in [5.41, 5.74) is 1.68. The second kappa shape index (κ2) is 7.66. The third-order valence-electron chi connectivity index (χ3n) is 10.3. The summed E-state index contributed by atoms with van der Waals surface area (Å²) in [5, 5.41) is 21.8. The Bertz CT molecular complexity index is 634. The van der Waals surface area contributed by atoms with Crippen LogP contribution in [0.4, 0.5) is 0 Å². The second-order valence-electron chi connectivity index (χ2n) is 12.5. The number of aliphatic hydroxyl groups excluding tert-OH is 1. The van der Waals surface area contributed by atoms with Crippen LogP contribution in [0.25, 0.3) is 0 Å². The lowest BCUT2D eigenvalue weighted by molar-refractivity contribution is -0.105. The largest absolute Gasteiger partial charge is 0.393 e. The van der Waals surface area contributed by atoms with E-state index < -0.39 is 5.60 Å². The number of rotatable bonds is 5. The van der Waals surface area contributed by atoms with E-state index in [4.69, 9.17) is 0 Å². The van der Waals surface area contributed by atoms with Crippen LogP contribution >= 0.6 is 0 Å². The van der Waals surface area contributed by atoms with Crippen LogP contribution in [0.15, 0.2) is 11.6 Å². The SMILES string of the molecule is CC(C)CCCC(C)(O)C1CCC2C3CC=C4C[C@@H](O)CC[C@]4(C)C3CC[C@@]21C. The van der Waals surface area contributed by atoms with Crippen LogP contribution in [0.5, 0.6) is 0 Å². The quantitative estimate of drug-likeness (QED) is 0.515. The van der Waals surface area contributed by atoms with E-state index in [9.17, 15) is 10.2 Å². The maximum Gasteiger partial charge on any atom is 0.0653 e. The van der Waals surface area contributed by atoms with E-state index in [-0.39, 0.29) is 6.10 Å². The van der Waals surface area contributed by atoms with Crippen molar-refractivity contribution in [1.82, 2.24) is 0 Å². The van der Waals surface area contributed by atoms with Crippen molar-refractivity contribution in [3.63, 3.8) is 0 Å². The van der Waals surface area contributed by atoms with Crippen LogP contribution in [0.1, 0.15) is 105 Å². The molecule has 166 valence electrons. The molecule has 0 aromatic rings. The van der Waals surface area contributed by atoms with Crippen LogP contribution in [0.2, 0.25) is 0 Å². The fourth-order valence-electron chi connectivity index (χ4n) is 8.71. The summed E-state index contributed by atoms with van der Waals surface area (Å²) < 4.78 is 0. The molecular weight excluding hydrogens is 356 g/mol. The van der Waals surface area contributed by atoms with E-state index in [0.29, 0.717) is 16.7 Å². The van der Waals surface area contributed by atoms with E-state index in [1.54, 1.807) is 5.57 Å². The predicted molar refractivity (Wildman–Crippen MR) is 121 cm³/mol. The van der Waals surface area contributed by atoms with Crippen molar-refractivity contribution < 1.29 is 10.2 Å². The van der Waals surface area contributed by atoms with E-state index >= 15 is 0 Å². The molecule has 0 aliphatic heterocycles. The molecule has 4 rings (SSSR count). The molecule has 4 aliphatic carbocycles. The molecule has 0 heterocycles. The summed E-state index contributed by atoms with van der Waals surface area (Å²) in [4.78, 5) is 0. The van der Waals surface area contributed by atoms with Crippen LogP contribution in [-0.2, 0) is 0 Å². The first-order chi connectivity index (χ1) is 13.6. The maximum absolute atomic E-state index is 11.6. The smallest absolute Gasteiger partial charge is 0.0653 e. The minimum atomic E-state index is -0.514. The number of allylic oxidation sites excluding steroid dienone is 1. The first kappa shape index (κ1) is 21.9. The Kier molecular flexibility index (Phi) is 5.78. The Morgan fingerprint density at radius 3 is 2.59 bits per heavy atom. The van der Waals surface area contributed by atoms with Gasteiger partial charge in [0.05, 0.1) is 11.7 Å². The normalized spacial score (nSPS) is 46.5. The third kappa shape index (κ3) is 3.65. The summed E-state index contributed by atoms with van der Waals surface area (Å²) in [6.07, 6.45) is 15.2. The molecule has 5 unspecified atom stereocenters. The molecule has 0 aromatic carbocycles. The highest BCUT2D eigenvalue weighted by atomic mass is 16.3. The summed E-state index contributed by atoms with van der Waals surface area (Å²) in [5.74, 6) is 3.53. The molecule has 0 aromatic heterocycles. The summed E-state index contributed by atoms with van der Waals surface area (Å²) in [6.45, 7) is 11.8. The van der Waals surface area contributed by atoms with E-state index in [1.165, 1.54) is 44.9 Å². The second-order valence-corrected chi connectivity index (χ2v) is 12.5. The van der Waals surface area contributed by atoms with Crippen LogP contribution < -0.4 is 0 Å². The van der Waals surface area contributed by atoms with Gasteiger partial charge in [-0.1, -0.05) is 52.2 Å². The predicted octanol–water partition coefficient (Wildman–Crippen LogP) is 6.50. The standard InChI is InChI=1S/C27H46O2/c1-18(2)7-6-14-27(5,29)24-11-10-22-21-9-8-19-17-20(28)12-15-25(19,3)23(21)13-16-26(22,24)4/h8,18,20-24,28-29H,6-7,9-17H2,1-5H3/t20-,21?,22?,23?,24?,25-,26-,27?/m0/s1. The Morgan fingerprint density at radius 1 is 1.10 bits per heavy atom. The highest BCUT2D eigenvalue weighted by Crippen LogP contribution is 2.67. The summed E-state index contributed by atoms with van der Waals surface area (Å²) >= 11 is 0. The lowest BCUT2D eigenvalue weighted by Gasteiger charge is -2.59. The molecule has 2 heteroatoms. The van der Waals surface area contributed by atoms with Gasteiger partial charge >= 0.3 is 0 Å². The number of hydrogen-bond acceptors (Lipinski definition) is 2. The Balaban J connectivity index is 1.53. The molecule has 2 N–H and O–H groups in total. The average Bonchev–Trinajstić information content (AvgIpc) is 3.00. The molecule has 3 saturated carbocycles. The van der Waals surface area contributed by atoms with Gasteiger partial charge in [-0.2, -0.15) is 0 Å². The van der Waals surface area contributed by atoms with Gasteiger partial charge in [0.15, 0.2) is 0 Å². The minimum Gasteiger partial charge on any atom is -0.393 e. The molecule has 0 amide bonds. The molecule has 29 heavy (non-hydrogen) atoms. The fraction of sp³-hybridized carbons (Fsp3) is 0.926. The van der Waals surface area contributed by atoms with Crippen molar-refractivity contribution in [3.8, 4) is 0 Å². The van der Waals surface area contributed by atoms with Gasteiger partial charge in [-0.3, -0.25) is 0 Å². The molecule has 0 bridgehead atoms. The Hall–Kier alpha value is -0.340. The first-order valence-electron chi connectivity index (χ1n) is 12.7. The lowest BCUT2D eigenvalue weighted by Crippen LogP contribution is -2.53. The minimum absolute atomic E-state index is 0.114. The van der Waals surface area contributed by atoms with Crippen LogP contribution in [0.3, 0.4) is 0 Å². The van der Waals surface area contributed by atoms with E-state index in [0.717, 1.165) is 49.4 Å². The number of aliphatic hydroxyl groups is 2. The van der Waals surface area contributed by atoms with Crippen molar-refractivity contribution in [3.05, 3.63) is 11.6 Å². The summed E-state index contributed by atoms with van der Waals surface area (Å²) in [6, 6.07) is 0. The van der Waals surface area contributed by atoms with Crippen molar-refractivity contribution in [1.29, 1.82) is 0 Å². The molecule has 4 aliphatic rings. The Labute approximate surface area is 179 Å². The maximum atomic E-state index is 11.6. The van der Waals surface area contributed by atoms with Crippen molar-refractivity contribution in [2.24, 2.45) is 40.4 Å². The molecule has 0 spiro atoms. The molecule has 3 fully saturated rings. The third-order valence-corrected chi connectivity index (χ3v) is 10.3. The molecular formula is C27H46O2. The van der Waals surface area contributed by atoms with Crippen LogP contribution in [0, 0.1) is 40.4 Å². The number of hydrogen-bond donors (Lipinski definition) is 2. The zero-order valence-electron chi connectivity index (χ0n) is 19.7. The fourth-order valence-corrected chi connectivity index (χ4v) is 8.71. The highest BCUT2D eigenvalue weighted by Gasteiger charge is 2.61. The van der Waals surface area contributed by atoms with Crippen LogP contribution in [-0.4, -0.2) is 21.9 Å². The van der Waals surface area contributed by atoms with Gasteiger partial charge in [-0.15, -0.1) is 0 Å². The van der Waals surface area contributed by atoms with Gasteiger partial charge in [0.2, 0.25) is 0 Å². The lowest BCUT2D eigenvalue weighted by atomic mass is 9.46. The van der Waals surface area contributed by atoms with Gasteiger partial charge in [0.25, 0.3) is 0 Å². The zero-order valence-corrected chi connectivity index (χ0v) is 19.7. The van der Waals surface area contributed by atoms with Crippen molar-refractivity contribution in [2.45, 2.75) is 117 Å². The van der Waals surface area contributed by atoms with Crippen molar-refractivity contribution in [2.75, 3.05) is 0 Å². The molecule has 2 nitrogen and oxygen atoms in total. The van der Waals surface area contributed by atoms with Gasteiger partial charge in [-0.05, 0) is 105 Å². The molecule has 0 radical (unpaired) electrons. The molecule has 8 atom stereocenters. The molecule has 0 saturated heterocycles. The monoisotopic (exact) mass is 402 g/mol. The zero-order chi connectivity index (χ0) is 21.0. The Morgan fingerprint density at radius 2 is 1.86 bits per heavy atom. The topological polar surface area (TPSA) is 40.5 Å². The van der Waals surface area contributed by atoms with Gasteiger partial charge in [0.1, 0.15) is 0 Å². The average molecular weight is 403 g/mol. The first-order valence-corrected chi connectivity index (χ1v) is 12.7. The summed E-state index contributed by atoms with van der Waals surface area (Å²) in [7, 11) is 0. The number of fused-ring (bicyclic) bond motifs is 5.